The molecule has 0 aliphatic rings. The van der Waals surface area contributed by atoms with Crippen molar-refractivity contribution in [3.8, 4) is 0 Å². The molecule has 0 fully saturated rings. The summed E-state index contributed by atoms with van der Waals surface area (Å²) in [5, 5.41) is 10.9. The van der Waals surface area contributed by atoms with Crippen LogP contribution in [-0.4, -0.2) is 37.4 Å². The van der Waals surface area contributed by atoms with E-state index in [0.717, 1.165) is 12.0 Å². The number of sulfonamides is 1. The van der Waals surface area contributed by atoms with Gasteiger partial charge in [0.1, 0.15) is 5.69 Å². The highest BCUT2D eigenvalue weighted by Gasteiger charge is 2.08. The Morgan fingerprint density at radius 1 is 1.16 bits per heavy atom. The lowest BCUT2D eigenvalue weighted by atomic mass is 10.1. The summed E-state index contributed by atoms with van der Waals surface area (Å²) in [6, 6.07) is 7.91. The van der Waals surface area contributed by atoms with Gasteiger partial charge in [0.05, 0.1) is 4.90 Å². The molecule has 2 aromatic rings. The normalized spacial score (nSPS) is 11.1. The largest absolute Gasteiger partial charge is 0.354 e. The molecule has 0 unspecified atom stereocenters. The quantitative estimate of drug-likeness (QED) is 0.640. The van der Waals surface area contributed by atoms with Crippen molar-refractivity contribution in [2.24, 2.45) is 5.14 Å². The van der Waals surface area contributed by atoms with Crippen molar-refractivity contribution >= 4 is 21.9 Å². The lowest BCUT2D eigenvalue weighted by Gasteiger charge is -2.07. The van der Waals surface area contributed by atoms with Crippen LogP contribution < -0.4 is 15.8 Å². The zero-order valence-corrected chi connectivity index (χ0v) is 14.7. The van der Waals surface area contributed by atoms with E-state index >= 15 is 0 Å². The van der Waals surface area contributed by atoms with Gasteiger partial charge in [-0.3, -0.25) is 4.79 Å². The Labute approximate surface area is 146 Å². The van der Waals surface area contributed by atoms with Gasteiger partial charge >= 0.3 is 0 Å². The van der Waals surface area contributed by atoms with Crippen molar-refractivity contribution in [1.82, 2.24) is 15.3 Å². The second-order valence-electron chi connectivity index (χ2n) is 5.39. The number of nitrogens with two attached hydrogens (primary N) is 1. The summed E-state index contributed by atoms with van der Waals surface area (Å²) < 4.78 is 22.4. The second-order valence-corrected chi connectivity index (χ2v) is 6.95. The maximum atomic E-state index is 11.9. The molecule has 9 heteroatoms. The van der Waals surface area contributed by atoms with Crippen molar-refractivity contribution in [2.75, 3.05) is 18.4 Å². The lowest BCUT2D eigenvalue weighted by Crippen LogP contribution is -2.25. The number of nitrogens with one attached hydrogen (secondary N) is 2. The van der Waals surface area contributed by atoms with Gasteiger partial charge in [0.2, 0.25) is 16.0 Å². The smallest absolute Gasteiger partial charge is 0.270 e. The average Bonchev–Trinajstić information content (AvgIpc) is 2.59. The predicted molar refractivity (Wildman–Crippen MR) is 94.7 cm³/mol. The minimum absolute atomic E-state index is 0.0818. The van der Waals surface area contributed by atoms with E-state index in [2.05, 4.69) is 20.6 Å². The molecule has 0 atom stereocenters. The van der Waals surface area contributed by atoms with Gasteiger partial charge in [0.15, 0.2) is 0 Å². The third-order valence-electron chi connectivity index (χ3n) is 3.37. The van der Waals surface area contributed by atoms with Crippen LogP contribution in [-0.2, 0) is 16.4 Å². The fourth-order valence-electron chi connectivity index (χ4n) is 2.06. The molecule has 0 radical (unpaired) electrons. The molecule has 4 N–H and O–H groups in total. The highest BCUT2D eigenvalue weighted by atomic mass is 32.2. The number of hydrogen-bond donors (Lipinski definition) is 3. The number of carbonyl (C=O) groups is 1. The first-order valence-corrected chi connectivity index (χ1v) is 9.41. The van der Waals surface area contributed by atoms with E-state index < -0.39 is 10.0 Å². The number of benzene rings is 1. The van der Waals surface area contributed by atoms with Crippen molar-refractivity contribution in [1.29, 1.82) is 0 Å². The summed E-state index contributed by atoms with van der Waals surface area (Å²) in [6.45, 7) is 3.11. The molecular formula is C16H21N5O3S. The minimum Gasteiger partial charge on any atom is -0.354 e. The average molecular weight is 363 g/mol. The Hall–Kier alpha value is -2.52. The number of rotatable bonds is 8. The van der Waals surface area contributed by atoms with Gasteiger partial charge in [-0.1, -0.05) is 19.1 Å². The summed E-state index contributed by atoms with van der Waals surface area (Å²) >= 11 is 0. The zero-order chi connectivity index (χ0) is 18.3. The topological polar surface area (TPSA) is 127 Å². The minimum atomic E-state index is -3.68. The Morgan fingerprint density at radius 2 is 1.88 bits per heavy atom. The molecule has 1 aromatic heterocycles. The molecule has 1 amide bonds. The first kappa shape index (κ1) is 18.8. The first-order valence-electron chi connectivity index (χ1n) is 7.87. The molecule has 134 valence electrons. The molecule has 25 heavy (non-hydrogen) atoms. The highest BCUT2D eigenvalue weighted by molar-refractivity contribution is 7.89. The monoisotopic (exact) mass is 363 g/mol. The number of nitrogens with zero attached hydrogens (tertiary/aromatic N) is 2. The van der Waals surface area contributed by atoms with Crippen molar-refractivity contribution < 1.29 is 13.2 Å². The van der Waals surface area contributed by atoms with Crippen LogP contribution in [0.2, 0.25) is 0 Å². The van der Waals surface area contributed by atoms with Crippen LogP contribution in [0, 0.1) is 0 Å². The van der Waals surface area contributed by atoms with Gasteiger partial charge in [0, 0.05) is 19.3 Å². The number of hydrogen-bond acceptors (Lipinski definition) is 6. The fourth-order valence-corrected chi connectivity index (χ4v) is 2.58. The van der Waals surface area contributed by atoms with Crippen LogP contribution in [0.15, 0.2) is 41.4 Å². The number of anilines is 1. The fraction of sp³-hybridized carbons (Fsp3) is 0.312. The zero-order valence-electron chi connectivity index (χ0n) is 13.9. The molecule has 8 nitrogen and oxygen atoms in total. The van der Waals surface area contributed by atoms with Gasteiger partial charge in [-0.05, 0) is 36.6 Å². The highest BCUT2D eigenvalue weighted by Crippen LogP contribution is 2.09. The molecule has 0 aliphatic heterocycles. The van der Waals surface area contributed by atoms with E-state index in [1.165, 1.54) is 18.3 Å². The van der Waals surface area contributed by atoms with E-state index in [0.29, 0.717) is 31.2 Å². The van der Waals surface area contributed by atoms with E-state index in [1.54, 1.807) is 18.2 Å². The van der Waals surface area contributed by atoms with E-state index in [1.807, 2.05) is 6.92 Å². The summed E-state index contributed by atoms with van der Waals surface area (Å²) in [5.74, 6) is 0.135. The number of carbonyl (C=O) groups excluding carboxylic acids is 1. The van der Waals surface area contributed by atoms with Crippen LogP contribution in [0.5, 0.6) is 0 Å². The van der Waals surface area contributed by atoms with Gasteiger partial charge in [-0.2, -0.15) is 0 Å². The molecule has 0 spiro atoms. The van der Waals surface area contributed by atoms with Gasteiger partial charge in [-0.15, -0.1) is 0 Å². The Morgan fingerprint density at radius 3 is 2.52 bits per heavy atom. The molecule has 2 rings (SSSR count). The van der Waals surface area contributed by atoms with Crippen molar-refractivity contribution in [3.63, 3.8) is 0 Å². The molecular weight excluding hydrogens is 342 g/mol. The summed E-state index contributed by atoms with van der Waals surface area (Å²) in [5.41, 5.74) is 1.25. The van der Waals surface area contributed by atoms with Crippen LogP contribution in [0.1, 0.15) is 29.4 Å². The Kier molecular flexibility index (Phi) is 6.43. The summed E-state index contributed by atoms with van der Waals surface area (Å²) in [4.78, 5) is 20.2. The van der Waals surface area contributed by atoms with Gasteiger partial charge in [-0.25, -0.2) is 23.5 Å². The maximum absolute atomic E-state index is 11.9. The lowest BCUT2D eigenvalue weighted by molar-refractivity contribution is 0.0948. The van der Waals surface area contributed by atoms with E-state index in [4.69, 9.17) is 5.14 Å². The van der Waals surface area contributed by atoms with Crippen LogP contribution in [0.4, 0.5) is 5.95 Å². The molecule has 0 aliphatic carbocycles. The number of primary sulfonamides is 1. The Bertz CT molecular complexity index is 822. The molecule has 0 saturated heterocycles. The van der Waals surface area contributed by atoms with Gasteiger partial charge < -0.3 is 10.6 Å². The van der Waals surface area contributed by atoms with Crippen LogP contribution >= 0.6 is 0 Å². The Balaban J connectivity index is 1.90. The first-order chi connectivity index (χ1) is 11.9. The standard InChI is InChI=1S/C16H21N5O3S/c1-2-9-18-15(22)14-8-11-20-16(21-14)19-10-7-12-3-5-13(6-4-12)25(17,23)24/h3-6,8,11H,2,7,9-10H2,1H3,(H,18,22)(H2,17,23,24)(H,19,20,21). The predicted octanol–water partition coefficient (Wildman–Crippen LogP) is 0.918. The van der Waals surface area contributed by atoms with Gasteiger partial charge in [0.25, 0.3) is 5.91 Å². The molecule has 1 heterocycles. The SMILES string of the molecule is CCCNC(=O)c1ccnc(NCCc2ccc(S(N)(=O)=O)cc2)n1. The van der Waals surface area contributed by atoms with Crippen molar-refractivity contribution in [3.05, 3.63) is 47.8 Å². The van der Waals surface area contributed by atoms with Crippen LogP contribution in [0.3, 0.4) is 0 Å². The van der Waals surface area contributed by atoms with E-state index in [-0.39, 0.29) is 10.8 Å². The third-order valence-corrected chi connectivity index (χ3v) is 4.30. The number of aromatic nitrogens is 2. The molecule has 1 aromatic carbocycles. The number of amides is 1. The second kappa shape index (κ2) is 8.54. The molecule has 0 saturated carbocycles. The third kappa shape index (κ3) is 5.80. The molecule has 0 bridgehead atoms. The summed E-state index contributed by atoms with van der Waals surface area (Å²) in [6.07, 6.45) is 3.02. The maximum Gasteiger partial charge on any atom is 0.270 e. The summed E-state index contributed by atoms with van der Waals surface area (Å²) in [7, 11) is -3.68. The van der Waals surface area contributed by atoms with E-state index in [9.17, 15) is 13.2 Å². The van der Waals surface area contributed by atoms with Crippen LogP contribution in [0.25, 0.3) is 0 Å². The van der Waals surface area contributed by atoms with Crippen molar-refractivity contribution in [2.45, 2.75) is 24.7 Å².